The second kappa shape index (κ2) is 3.90. The number of pyridine rings is 1. The molecule has 0 saturated carbocycles. The van der Waals surface area contributed by atoms with Gasteiger partial charge in [-0.3, -0.25) is 4.98 Å². The number of thiophene rings is 2. The molecule has 0 atom stereocenters. The lowest BCUT2D eigenvalue weighted by Crippen LogP contribution is -1.81. The van der Waals surface area contributed by atoms with Gasteiger partial charge in [-0.2, -0.15) is 0 Å². The summed E-state index contributed by atoms with van der Waals surface area (Å²) in [6, 6.07) is 14.7. The summed E-state index contributed by atoms with van der Waals surface area (Å²) < 4.78 is 4.04. The summed E-state index contributed by atoms with van der Waals surface area (Å²) in [5.74, 6) is 0. The predicted octanol–water partition coefficient (Wildman–Crippen LogP) is 5.18. The standard InChI is InChI=1S/C15H9NS2/c1-2-4-10(5-3-1)13-15-11(6-8-16-13)14-12(18-15)7-9-17-14/h1-9H. The molecule has 0 fully saturated rings. The van der Waals surface area contributed by atoms with E-state index in [1.165, 1.54) is 25.0 Å². The monoisotopic (exact) mass is 267 g/mol. The van der Waals surface area contributed by atoms with Gasteiger partial charge in [-0.25, -0.2) is 0 Å². The maximum absolute atomic E-state index is 4.57. The van der Waals surface area contributed by atoms with Crippen molar-refractivity contribution in [3.05, 3.63) is 54.0 Å². The largest absolute Gasteiger partial charge is 0.255 e. The Morgan fingerprint density at radius 3 is 2.67 bits per heavy atom. The van der Waals surface area contributed by atoms with Crippen LogP contribution in [0.3, 0.4) is 0 Å². The molecule has 4 rings (SSSR count). The normalized spacial score (nSPS) is 11.3. The Labute approximate surface area is 112 Å². The highest BCUT2D eigenvalue weighted by molar-refractivity contribution is 7.32. The van der Waals surface area contributed by atoms with E-state index in [1.807, 2.05) is 34.9 Å². The minimum atomic E-state index is 1.10. The second-order valence-electron chi connectivity index (χ2n) is 4.12. The Kier molecular flexibility index (Phi) is 2.22. The summed E-state index contributed by atoms with van der Waals surface area (Å²) in [6.07, 6.45) is 1.91. The molecule has 0 amide bonds. The van der Waals surface area contributed by atoms with Crippen LogP contribution in [0.1, 0.15) is 0 Å². The van der Waals surface area contributed by atoms with E-state index in [-0.39, 0.29) is 0 Å². The van der Waals surface area contributed by atoms with Crippen molar-refractivity contribution >= 4 is 42.2 Å². The average molecular weight is 267 g/mol. The fraction of sp³-hybridized carbons (Fsp3) is 0. The van der Waals surface area contributed by atoms with Crippen molar-refractivity contribution in [3.8, 4) is 11.3 Å². The van der Waals surface area contributed by atoms with Gasteiger partial charge in [0.15, 0.2) is 0 Å². The maximum atomic E-state index is 4.57. The first-order valence-electron chi connectivity index (χ1n) is 5.73. The Balaban J connectivity index is 2.12. The summed E-state index contributed by atoms with van der Waals surface area (Å²) in [5, 5.41) is 3.49. The first-order chi connectivity index (χ1) is 8.93. The number of benzene rings is 1. The number of nitrogens with zero attached hydrogens (tertiary/aromatic N) is 1. The van der Waals surface area contributed by atoms with Crippen molar-refractivity contribution in [1.29, 1.82) is 0 Å². The van der Waals surface area contributed by atoms with E-state index >= 15 is 0 Å². The molecule has 0 saturated heterocycles. The third-order valence-corrected chi connectivity index (χ3v) is 5.29. The van der Waals surface area contributed by atoms with Crippen LogP contribution in [-0.4, -0.2) is 4.98 Å². The van der Waals surface area contributed by atoms with E-state index in [1.54, 1.807) is 0 Å². The van der Waals surface area contributed by atoms with Crippen molar-refractivity contribution in [2.45, 2.75) is 0 Å². The summed E-state index contributed by atoms with van der Waals surface area (Å²) in [4.78, 5) is 4.57. The molecular weight excluding hydrogens is 258 g/mol. The van der Waals surface area contributed by atoms with Crippen LogP contribution in [0.25, 0.3) is 30.7 Å². The van der Waals surface area contributed by atoms with Crippen molar-refractivity contribution in [3.63, 3.8) is 0 Å². The van der Waals surface area contributed by atoms with Gasteiger partial charge in [0.2, 0.25) is 0 Å². The average Bonchev–Trinajstić information content (AvgIpc) is 3.00. The summed E-state index contributed by atoms with van der Waals surface area (Å²) >= 11 is 3.65. The van der Waals surface area contributed by atoms with Gasteiger partial charge >= 0.3 is 0 Å². The molecule has 3 heterocycles. The van der Waals surface area contributed by atoms with Crippen LogP contribution in [0.5, 0.6) is 0 Å². The summed E-state index contributed by atoms with van der Waals surface area (Å²) in [7, 11) is 0. The second-order valence-corrected chi connectivity index (χ2v) is 6.09. The van der Waals surface area contributed by atoms with Crippen LogP contribution in [0.4, 0.5) is 0 Å². The smallest absolute Gasteiger partial charge is 0.0880 e. The minimum absolute atomic E-state index is 1.10. The lowest BCUT2D eigenvalue weighted by Gasteiger charge is -2.01. The van der Waals surface area contributed by atoms with E-state index in [9.17, 15) is 0 Å². The van der Waals surface area contributed by atoms with Crippen LogP contribution < -0.4 is 0 Å². The SMILES string of the molecule is c1ccc(-c2nccc3c2sc2ccsc23)cc1. The molecule has 0 unspecified atom stereocenters. The molecular formula is C15H9NS2. The molecule has 0 aliphatic rings. The van der Waals surface area contributed by atoms with Crippen LogP contribution in [0.2, 0.25) is 0 Å². The minimum Gasteiger partial charge on any atom is -0.255 e. The molecule has 1 aromatic carbocycles. The highest BCUT2D eigenvalue weighted by atomic mass is 32.1. The molecule has 3 aromatic heterocycles. The quantitative estimate of drug-likeness (QED) is 0.463. The number of fused-ring (bicyclic) bond motifs is 3. The van der Waals surface area contributed by atoms with Gasteiger partial charge < -0.3 is 0 Å². The number of rotatable bonds is 1. The third-order valence-electron chi connectivity index (χ3n) is 3.04. The van der Waals surface area contributed by atoms with E-state index in [0.717, 1.165) is 5.69 Å². The fourth-order valence-electron chi connectivity index (χ4n) is 2.22. The summed E-state index contributed by atoms with van der Waals surface area (Å²) in [6.45, 7) is 0. The number of aromatic nitrogens is 1. The van der Waals surface area contributed by atoms with Gasteiger partial charge in [0.05, 0.1) is 15.1 Å². The Morgan fingerprint density at radius 2 is 1.78 bits per heavy atom. The van der Waals surface area contributed by atoms with Gasteiger partial charge in [0.1, 0.15) is 0 Å². The maximum Gasteiger partial charge on any atom is 0.0880 e. The van der Waals surface area contributed by atoms with Crippen molar-refractivity contribution in [2.24, 2.45) is 0 Å². The Morgan fingerprint density at radius 1 is 0.889 bits per heavy atom. The number of hydrogen-bond acceptors (Lipinski definition) is 3. The highest BCUT2D eigenvalue weighted by Crippen LogP contribution is 2.40. The lowest BCUT2D eigenvalue weighted by molar-refractivity contribution is 1.37. The molecule has 0 N–H and O–H groups in total. The molecule has 4 aromatic rings. The van der Waals surface area contributed by atoms with Gasteiger partial charge in [-0.15, -0.1) is 22.7 Å². The van der Waals surface area contributed by atoms with Gasteiger partial charge in [-0.1, -0.05) is 30.3 Å². The molecule has 3 heteroatoms. The van der Waals surface area contributed by atoms with Crippen LogP contribution in [-0.2, 0) is 0 Å². The van der Waals surface area contributed by atoms with Gasteiger partial charge in [0, 0.05) is 21.8 Å². The van der Waals surface area contributed by atoms with Crippen LogP contribution in [0.15, 0.2) is 54.0 Å². The van der Waals surface area contributed by atoms with E-state index in [0.29, 0.717) is 0 Å². The zero-order valence-electron chi connectivity index (χ0n) is 9.46. The first-order valence-corrected chi connectivity index (χ1v) is 7.43. The van der Waals surface area contributed by atoms with Crippen LogP contribution in [0, 0.1) is 0 Å². The molecule has 86 valence electrons. The van der Waals surface area contributed by atoms with E-state index in [2.05, 4.69) is 46.8 Å². The van der Waals surface area contributed by atoms with Crippen molar-refractivity contribution in [2.75, 3.05) is 0 Å². The highest BCUT2D eigenvalue weighted by Gasteiger charge is 2.11. The van der Waals surface area contributed by atoms with E-state index in [4.69, 9.17) is 0 Å². The lowest BCUT2D eigenvalue weighted by atomic mass is 10.1. The van der Waals surface area contributed by atoms with Crippen molar-refractivity contribution < 1.29 is 0 Å². The zero-order valence-corrected chi connectivity index (χ0v) is 11.1. The molecule has 1 nitrogen and oxygen atoms in total. The predicted molar refractivity (Wildman–Crippen MR) is 80.4 cm³/mol. The fourth-order valence-corrected chi connectivity index (χ4v) is 4.56. The Hall–Kier alpha value is -1.71. The Bertz CT molecular complexity index is 827. The van der Waals surface area contributed by atoms with Gasteiger partial charge in [-0.05, 0) is 17.5 Å². The zero-order chi connectivity index (χ0) is 11.9. The van der Waals surface area contributed by atoms with Gasteiger partial charge in [0.25, 0.3) is 0 Å². The molecule has 18 heavy (non-hydrogen) atoms. The summed E-state index contributed by atoms with van der Waals surface area (Å²) in [5.41, 5.74) is 2.29. The topological polar surface area (TPSA) is 12.9 Å². The van der Waals surface area contributed by atoms with Crippen molar-refractivity contribution in [1.82, 2.24) is 4.98 Å². The molecule has 0 bridgehead atoms. The molecule has 0 aliphatic heterocycles. The van der Waals surface area contributed by atoms with Crippen LogP contribution >= 0.6 is 22.7 Å². The first kappa shape index (κ1) is 10.2. The number of hydrogen-bond donors (Lipinski definition) is 0. The molecule has 0 spiro atoms. The third kappa shape index (κ3) is 1.41. The van der Waals surface area contributed by atoms with E-state index < -0.39 is 0 Å². The molecule has 0 radical (unpaired) electrons. The molecule has 0 aliphatic carbocycles.